The molecule has 2 aromatic heterocycles. The van der Waals surface area contributed by atoms with Gasteiger partial charge in [0.25, 0.3) is 5.56 Å². The molecule has 0 saturated heterocycles. The monoisotopic (exact) mass is 238 g/mol. The molecule has 2 rings (SSSR count). The van der Waals surface area contributed by atoms with Crippen LogP contribution < -0.4 is 5.56 Å². The summed E-state index contributed by atoms with van der Waals surface area (Å²) < 4.78 is 3.53. The Morgan fingerprint density at radius 1 is 1.25 bits per heavy atom. The van der Waals surface area contributed by atoms with Crippen LogP contribution in [0.5, 0.6) is 0 Å². The second-order valence-corrected chi connectivity index (χ2v) is 3.73. The number of halogens is 1. The predicted octanol–water partition coefficient (Wildman–Crippen LogP) is 1.18. The molecule has 5 nitrogen and oxygen atoms in total. The molecule has 0 aliphatic heterocycles. The van der Waals surface area contributed by atoms with Gasteiger partial charge < -0.3 is 9.13 Å². The van der Waals surface area contributed by atoms with Crippen LogP contribution in [0.25, 0.3) is 0 Å². The normalized spacial score (nSPS) is 10.6. The van der Waals surface area contributed by atoms with Gasteiger partial charge >= 0.3 is 0 Å². The van der Waals surface area contributed by atoms with Crippen molar-refractivity contribution < 1.29 is 0 Å². The lowest BCUT2D eigenvalue weighted by Crippen LogP contribution is -2.21. The van der Waals surface area contributed by atoms with E-state index in [0.29, 0.717) is 6.54 Å². The highest BCUT2D eigenvalue weighted by Gasteiger charge is 2.00. The van der Waals surface area contributed by atoms with Crippen LogP contribution in [0.1, 0.15) is 6.42 Å². The lowest BCUT2D eigenvalue weighted by molar-refractivity contribution is 0.550. The van der Waals surface area contributed by atoms with E-state index >= 15 is 0 Å². The summed E-state index contributed by atoms with van der Waals surface area (Å²) in [4.78, 5) is 19.2. The summed E-state index contributed by atoms with van der Waals surface area (Å²) in [5, 5.41) is 0.0186. The molecular weight excluding hydrogens is 228 g/mol. The average Bonchev–Trinajstić information content (AvgIpc) is 2.77. The Kier molecular flexibility index (Phi) is 3.36. The first kappa shape index (κ1) is 10.9. The summed E-state index contributed by atoms with van der Waals surface area (Å²) in [7, 11) is 0. The maximum absolute atomic E-state index is 11.5. The van der Waals surface area contributed by atoms with E-state index in [1.807, 2.05) is 10.8 Å². The molecule has 6 heteroatoms. The fourth-order valence-corrected chi connectivity index (χ4v) is 1.60. The van der Waals surface area contributed by atoms with Gasteiger partial charge in [-0.3, -0.25) is 4.79 Å². The molecular formula is C10H11ClN4O. The van der Waals surface area contributed by atoms with E-state index in [1.54, 1.807) is 23.3 Å². The Labute approximate surface area is 97.3 Å². The first-order valence-electron chi connectivity index (χ1n) is 4.94. The number of aromatic nitrogens is 4. The van der Waals surface area contributed by atoms with E-state index < -0.39 is 0 Å². The highest BCUT2D eigenvalue weighted by molar-refractivity contribution is 6.29. The standard InChI is InChI=1S/C10H11ClN4O/c11-9-10(16)15(7-3-13-9)5-1-4-14-6-2-12-8-14/h2-3,6-8H,1,4-5H2. The van der Waals surface area contributed by atoms with Gasteiger partial charge in [0, 0.05) is 37.9 Å². The zero-order valence-corrected chi connectivity index (χ0v) is 9.34. The van der Waals surface area contributed by atoms with Crippen molar-refractivity contribution in [3.8, 4) is 0 Å². The van der Waals surface area contributed by atoms with Crippen molar-refractivity contribution in [3.05, 3.63) is 46.6 Å². The molecule has 0 atom stereocenters. The minimum Gasteiger partial charge on any atom is -0.337 e. The molecule has 84 valence electrons. The molecule has 0 fully saturated rings. The summed E-state index contributed by atoms with van der Waals surface area (Å²) in [6.07, 6.45) is 9.39. The molecule has 0 N–H and O–H groups in total. The largest absolute Gasteiger partial charge is 0.337 e. The van der Waals surface area contributed by atoms with Gasteiger partial charge in [-0.15, -0.1) is 0 Å². The van der Waals surface area contributed by atoms with Crippen LogP contribution in [0.2, 0.25) is 5.15 Å². The van der Waals surface area contributed by atoms with Crippen LogP contribution in [-0.4, -0.2) is 19.1 Å². The second kappa shape index (κ2) is 4.94. The first-order chi connectivity index (χ1) is 7.77. The summed E-state index contributed by atoms with van der Waals surface area (Å²) >= 11 is 5.63. The molecule has 0 saturated carbocycles. The number of hydrogen-bond donors (Lipinski definition) is 0. The van der Waals surface area contributed by atoms with Crippen molar-refractivity contribution >= 4 is 11.6 Å². The van der Waals surface area contributed by atoms with Gasteiger partial charge in [-0.1, -0.05) is 11.6 Å². The summed E-state index contributed by atoms with van der Waals surface area (Å²) in [6, 6.07) is 0. The van der Waals surface area contributed by atoms with Crippen LogP contribution in [0.15, 0.2) is 35.9 Å². The molecule has 0 radical (unpaired) electrons. The molecule has 0 spiro atoms. The van der Waals surface area contributed by atoms with Gasteiger partial charge in [0.1, 0.15) is 0 Å². The van der Waals surface area contributed by atoms with Crippen molar-refractivity contribution in [2.75, 3.05) is 0 Å². The average molecular weight is 239 g/mol. The number of nitrogens with zero attached hydrogens (tertiary/aromatic N) is 4. The van der Waals surface area contributed by atoms with Crippen LogP contribution in [-0.2, 0) is 13.1 Å². The molecule has 0 amide bonds. The molecule has 0 aromatic carbocycles. The molecule has 0 unspecified atom stereocenters. The van der Waals surface area contributed by atoms with E-state index in [0.717, 1.165) is 13.0 Å². The Hall–Kier alpha value is -1.62. The smallest absolute Gasteiger partial charge is 0.288 e. The zero-order chi connectivity index (χ0) is 11.4. The van der Waals surface area contributed by atoms with Crippen LogP contribution >= 0.6 is 11.6 Å². The third-order valence-corrected chi connectivity index (χ3v) is 2.51. The molecule has 2 aromatic rings. The molecule has 2 heterocycles. The number of imidazole rings is 1. The minimum atomic E-state index is -0.241. The van der Waals surface area contributed by atoms with Crippen molar-refractivity contribution in [1.29, 1.82) is 0 Å². The van der Waals surface area contributed by atoms with Gasteiger partial charge in [-0.2, -0.15) is 0 Å². The fraction of sp³-hybridized carbons (Fsp3) is 0.300. The Morgan fingerprint density at radius 3 is 2.88 bits per heavy atom. The Bertz CT molecular complexity index is 506. The van der Waals surface area contributed by atoms with Crippen LogP contribution in [0.3, 0.4) is 0 Å². The highest BCUT2D eigenvalue weighted by atomic mass is 35.5. The highest BCUT2D eigenvalue weighted by Crippen LogP contribution is 1.96. The third-order valence-electron chi connectivity index (χ3n) is 2.25. The van der Waals surface area contributed by atoms with Crippen molar-refractivity contribution in [2.45, 2.75) is 19.5 Å². The molecule has 16 heavy (non-hydrogen) atoms. The van der Waals surface area contributed by atoms with E-state index in [4.69, 9.17) is 11.6 Å². The topological polar surface area (TPSA) is 52.7 Å². The molecule has 0 aliphatic carbocycles. The van der Waals surface area contributed by atoms with E-state index in [-0.39, 0.29) is 10.7 Å². The summed E-state index contributed by atoms with van der Waals surface area (Å²) in [5.74, 6) is 0. The van der Waals surface area contributed by atoms with Crippen LogP contribution in [0.4, 0.5) is 0 Å². The van der Waals surface area contributed by atoms with E-state index in [2.05, 4.69) is 9.97 Å². The molecule has 0 aliphatic rings. The van der Waals surface area contributed by atoms with Crippen molar-refractivity contribution in [3.63, 3.8) is 0 Å². The van der Waals surface area contributed by atoms with Gasteiger partial charge in [0.05, 0.1) is 6.33 Å². The Balaban J connectivity index is 1.95. The lowest BCUT2D eigenvalue weighted by atomic mass is 10.4. The van der Waals surface area contributed by atoms with E-state index in [9.17, 15) is 4.79 Å². The van der Waals surface area contributed by atoms with E-state index in [1.165, 1.54) is 6.20 Å². The van der Waals surface area contributed by atoms with Crippen LogP contribution in [0, 0.1) is 0 Å². The van der Waals surface area contributed by atoms with Gasteiger partial charge in [0.2, 0.25) is 0 Å². The predicted molar refractivity (Wildman–Crippen MR) is 60.4 cm³/mol. The van der Waals surface area contributed by atoms with Gasteiger partial charge in [0.15, 0.2) is 5.15 Å². The lowest BCUT2D eigenvalue weighted by Gasteiger charge is -2.05. The second-order valence-electron chi connectivity index (χ2n) is 3.37. The maximum atomic E-state index is 11.5. The molecule has 0 bridgehead atoms. The summed E-state index contributed by atoms with van der Waals surface area (Å²) in [6.45, 7) is 1.45. The maximum Gasteiger partial charge on any atom is 0.288 e. The van der Waals surface area contributed by atoms with Gasteiger partial charge in [-0.05, 0) is 6.42 Å². The fourth-order valence-electron chi connectivity index (χ4n) is 1.44. The third kappa shape index (κ3) is 2.49. The minimum absolute atomic E-state index is 0.0186. The van der Waals surface area contributed by atoms with Crippen molar-refractivity contribution in [2.24, 2.45) is 0 Å². The number of aryl methyl sites for hydroxylation is 2. The first-order valence-corrected chi connectivity index (χ1v) is 5.32. The quantitative estimate of drug-likeness (QED) is 0.804. The zero-order valence-electron chi connectivity index (χ0n) is 8.58. The van der Waals surface area contributed by atoms with Gasteiger partial charge in [-0.25, -0.2) is 9.97 Å². The number of rotatable bonds is 4. The summed E-state index contributed by atoms with van der Waals surface area (Å²) in [5.41, 5.74) is -0.241. The Morgan fingerprint density at radius 2 is 2.12 bits per heavy atom. The number of hydrogen-bond acceptors (Lipinski definition) is 3. The van der Waals surface area contributed by atoms with Crippen molar-refractivity contribution in [1.82, 2.24) is 19.1 Å². The SMILES string of the molecule is O=c1c(Cl)nccn1CCCn1ccnc1.